The smallest absolute Gasteiger partial charge is 0.306 e. The molecule has 1 unspecified atom stereocenters. The van der Waals surface area contributed by atoms with Crippen molar-refractivity contribution < 1.29 is 14.6 Å². The molecule has 1 aromatic rings. The summed E-state index contributed by atoms with van der Waals surface area (Å²) in [7, 11) is 0. The fourth-order valence-corrected chi connectivity index (χ4v) is 2.99. The van der Waals surface area contributed by atoms with Crippen LogP contribution in [-0.2, 0) is 11.2 Å². The van der Waals surface area contributed by atoms with E-state index in [0.717, 1.165) is 38.1 Å². The summed E-state index contributed by atoms with van der Waals surface area (Å²) < 4.78 is 5.54. The summed E-state index contributed by atoms with van der Waals surface area (Å²) in [5.74, 6) is 0.119. The summed E-state index contributed by atoms with van der Waals surface area (Å²) in [6, 6.07) is 8.67. The number of likely N-dealkylation sites (tertiary alicyclic amines) is 1. The molecule has 0 spiro atoms. The minimum Gasteiger partial charge on any atom is -0.494 e. The number of aliphatic carboxylic acids is 1. The summed E-state index contributed by atoms with van der Waals surface area (Å²) in [4.78, 5) is 13.4. The molecule has 1 aliphatic heterocycles. The predicted octanol–water partition coefficient (Wildman–Crippen LogP) is 2.81. The topological polar surface area (TPSA) is 49.8 Å². The van der Waals surface area contributed by atoms with Crippen LogP contribution in [0.3, 0.4) is 0 Å². The van der Waals surface area contributed by atoms with Gasteiger partial charge in [-0.25, -0.2) is 0 Å². The second-order valence-corrected chi connectivity index (χ2v) is 5.78. The fourth-order valence-electron chi connectivity index (χ4n) is 2.99. The maximum atomic E-state index is 11.0. The van der Waals surface area contributed by atoms with Gasteiger partial charge in [-0.15, -0.1) is 0 Å². The Morgan fingerprint density at radius 2 is 2.14 bits per heavy atom. The van der Waals surface area contributed by atoms with E-state index in [1.165, 1.54) is 5.56 Å². The van der Waals surface area contributed by atoms with Gasteiger partial charge in [-0.1, -0.05) is 12.1 Å². The summed E-state index contributed by atoms with van der Waals surface area (Å²) in [6.07, 6.45) is 2.50. The van der Waals surface area contributed by atoms with Crippen LogP contribution in [0, 0.1) is 5.92 Å². The molecule has 1 N–H and O–H groups in total. The first-order valence-electron chi connectivity index (χ1n) is 7.78. The standard InChI is InChI=1S/C17H25NO3/c1-3-21-16-6-4-5-14(12-16)11-13(2)18-9-7-15(8-10-18)17(19)20/h4-6,12-13,15H,3,7-11H2,1-2H3,(H,19,20). The van der Waals surface area contributed by atoms with Crippen LogP contribution in [0.2, 0.25) is 0 Å². The van der Waals surface area contributed by atoms with E-state index in [4.69, 9.17) is 9.84 Å². The summed E-state index contributed by atoms with van der Waals surface area (Å²) in [5, 5.41) is 9.05. The monoisotopic (exact) mass is 291 g/mol. The van der Waals surface area contributed by atoms with Crippen molar-refractivity contribution >= 4 is 5.97 Å². The molecule has 4 heteroatoms. The van der Waals surface area contributed by atoms with Crippen LogP contribution in [0.15, 0.2) is 24.3 Å². The zero-order valence-electron chi connectivity index (χ0n) is 12.9. The average molecular weight is 291 g/mol. The minimum absolute atomic E-state index is 0.158. The normalized spacial score (nSPS) is 18.4. The van der Waals surface area contributed by atoms with Gasteiger partial charge in [-0.2, -0.15) is 0 Å². The van der Waals surface area contributed by atoms with Crippen LogP contribution < -0.4 is 4.74 Å². The van der Waals surface area contributed by atoms with E-state index in [2.05, 4.69) is 24.0 Å². The van der Waals surface area contributed by atoms with Gasteiger partial charge in [0.2, 0.25) is 0 Å². The van der Waals surface area contributed by atoms with Crippen molar-refractivity contribution in [1.29, 1.82) is 0 Å². The quantitative estimate of drug-likeness (QED) is 0.875. The molecule has 1 saturated heterocycles. The van der Waals surface area contributed by atoms with Crippen molar-refractivity contribution in [3.8, 4) is 5.75 Å². The molecule has 116 valence electrons. The van der Waals surface area contributed by atoms with Gasteiger partial charge in [0.1, 0.15) is 5.75 Å². The average Bonchev–Trinajstić information content (AvgIpc) is 2.48. The Morgan fingerprint density at radius 3 is 2.76 bits per heavy atom. The highest BCUT2D eigenvalue weighted by atomic mass is 16.5. The summed E-state index contributed by atoms with van der Waals surface area (Å²) in [6.45, 7) is 6.64. The van der Waals surface area contributed by atoms with Crippen LogP contribution in [0.5, 0.6) is 5.75 Å². The third-order valence-electron chi connectivity index (χ3n) is 4.24. The van der Waals surface area contributed by atoms with Gasteiger partial charge in [0.05, 0.1) is 12.5 Å². The first-order chi connectivity index (χ1) is 10.1. The lowest BCUT2D eigenvalue weighted by Crippen LogP contribution is -2.42. The lowest BCUT2D eigenvalue weighted by atomic mass is 9.95. The Labute approximate surface area is 126 Å². The molecule has 0 aliphatic carbocycles. The maximum absolute atomic E-state index is 11.0. The number of piperidine rings is 1. The molecule has 0 amide bonds. The zero-order chi connectivity index (χ0) is 15.2. The Morgan fingerprint density at radius 1 is 1.43 bits per heavy atom. The molecule has 21 heavy (non-hydrogen) atoms. The number of carboxylic acids is 1. The van der Waals surface area contributed by atoms with Gasteiger partial charge in [0.25, 0.3) is 0 Å². The molecular weight excluding hydrogens is 266 g/mol. The highest BCUT2D eigenvalue weighted by Crippen LogP contribution is 2.21. The number of hydrogen-bond donors (Lipinski definition) is 1. The molecule has 1 atom stereocenters. The molecule has 1 aromatic carbocycles. The third-order valence-corrected chi connectivity index (χ3v) is 4.24. The number of ether oxygens (including phenoxy) is 1. The second-order valence-electron chi connectivity index (χ2n) is 5.78. The lowest BCUT2D eigenvalue weighted by molar-refractivity contribution is -0.143. The Kier molecular flexibility index (Phi) is 5.62. The van der Waals surface area contributed by atoms with E-state index < -0.39 is 5.97 Å². The zero-order valence-corrected chi connectivity index (χ0v) is 12.9. The van der Waals surface area contributed by atoms with Gasteiger partial charge in [-0.05, 0) is 63.9 Å². The van der Waals surface area contributed by atoms with E-state index in [0.29, 0.717) is 12.6 Å². The number of rotatable bonds is 6. The largest absolute Gasteiger partial charge is 0.494 e. The van der Waals surface area contributed by atoms with Crippen molar-refractivity contribution in [2.45, 2.75) is 39.2 Å². The van der Waals surface area contributed by atoms with Crippen LogP contribution >= 0.6 is 0 Å². The van der Waals surface area contributed by atoms with E-state index >= 15 is 0 Å². The van der Waals surface area contributed by atoms with Gasteiger partial charge >= 0.3 is 5.97 Å². The van der Waals surface area contributed by atoms with Gasteiger partial charge in [0.15, 0.2) is 0 Å². The molecule has 1 heterocycles. The van der Waals surface area contributed by atoms with Crippen LogP contribution in [0.4, 0.5) is 0 Å². The number of benzene rings is 1. The maximum Gasteiger partial charge on any atom is 0.306 e. The molecule has 0 aromatic heterocycles. The van der Waals surface area contributed by atoms with Crippen molar-refractivity contribution in [2.75, 3.05) is 19.7 Å². The minimum atomic E-state index is -0.647. The fraction of sp³-hybridized carbons (Fsp3) is 0.588. The number of carbonyl (C=O) groups is 1. The molecular formula is C17H25NO3. The second kappa shape index (κ2) is 7.46. The highest BCUT2D eigenvalue weighted by Gasteiger charge is 2.26. The molecule has 1 fully saturated rings. The van der Waals surface area contributed by atoms with Gasteiger partial charge in [0, 0.05) is 6.04 Å². The van der Waals surface area contributed by atoms with Gasteiger partial charge in [-0.3, -0.25) is 4.79 Å². The van der Waals surface area contributed by atoms with Gasteiger partial charge < -0.3 is 14.7 Å². The van der Waals surface area contributed by atoms with Crippen molar-refractivity contribution in [1.82, 2.24) is 4.90 Å². The number of nitrogens with zero attached hydrogens (tertiary/aromatic N) is 1. The summed E-state index contributed by atoms with van der Waals surface area (Å²) >= 11 is 0. The number of hydrogen-bond acceptors (Lipinski definition) is 3. The Hall–Kier alpha value is -1.55. The third kappa shape index (κ3) is 4.46. The summed E-state index contributed by atoms with van der Waals surface area (Å²) in [5.41, 5.74) is 1.27. The van der Waals surface area contributed by atoms with Crippen molar-refractivity contribution in [3.63, 3.8) is 0 Å². The molecule has 2 rings (SSSR count). The molecule has 0 saturated carbocycles. The number of carboxylic acid groups (broad SMARTS) is 1. The SMILES string of the molecule is CCOc1cccc(CC(C)N2CCC(C(=O)O)CC2)c1. The molecule has 4 nitrogen and oxygen atoms in total. The first-order valence-corrected chi connectivity index (χ1v) is 7.78. The van der Waals surface area contributed by atoms with E-state index in [-0.39, 0.29) is 5.92 Å². The van der Waals surface area contributed by atoms with Crippen LogP contribution in [-0.4, -0.2) is 41.7 Å². The molecule has 0 bridgehead atoms. The van der Waals surface area contributed by atoms with Crippen molar-refractivity contribution in [3.05, 3.63) is 29.8 Å². The van der Waals surface area contributed by atoms with Crippen molar-refractivity contribution in [2.24, 2.45) is 5.92 Å². The Bertz CT molecular complexity index is 467. The van der Waals surface area contributed by atoms with Crippen LogP contribution in [0.25, 0.3) is 0 Å². The van der Waals surface area contributed by atoms with E-state index in [9.17, 15) is 4.79 Å². The molecule has 0 radical (unpaired) electrons. The predicted molar refractivity (Wildman–Crippen MR) is 82.7 cm³/mol. The first kappa shape index (κ1) is 15.8. The van der Waals surface area contributed by atoms with Crippen LogP contribution in [0.1, 0.15) is 32.3 Å². The molecule has 1 aliphatic rings. The van der Waals surface area contributed by atoms with E-state index in [1.54, 1.807) is 0 Å². The lowest BCUT2D eigenvalue weighted by Gasteiger charge is -2.34. The van der Waals surface area contributed by atoms with E-state index in [1.807, 2.05) is 19.1 Å². The Balaban J connectivity index is 1.88. The highest BCUT2D eigenvalue weighted by molar-refractivity contribution is 5.70.